The van der Waals surface area contributed by atoms with Gasteiger partial charge in [-0.3, -0.25) is 0 Å². The summed E-state index contributed by atoms with van der Waals surface area (Å²) in [6.45, 7) is 0. The van der Waals surface area contributed by atoms with Crippen LogP contribution in [0.25, 0.3) is 0 Å². The van der Waals surface area contributed by atoms with Crippen LogP contribution in [0.1, 0.15) is 44.9 Å². The molecule has 3 nitrogen and oxygen atoms in total. The summed E-state index contributed by atoms with van der Waals surface area (Å²) in [5.74, 6) is 0.806. The van der Waals surface area contributed by atoms with Gasteiger partial charge in [-0.1, -0.05) is 43.7 Å². The molecule has 17 heavy (non-hydrogen) atoms. The SMILES string of the molecule is Nc1cc(Cl)nc(NC2CCCCCCC2)c1. The number of pyridine rings is 1. The van der Waals surface area contributed by atoms with Crippen molar-refractivity contribution in [2.75, 3.05) is 11.1 Å². The van der Waals surface area contributed by atoms with E-state index in [2.05, 4.69) is 10.3 Å². The lowest BCUT2D eigenvalue weighted by Crippen LogP contribution is -2.21. The fraction of sp³-hybridized carbons (Fsp3) is 0.615. The zero-order valence-corrected chi connectivity index (χ0v) is 10.8. The minimum atomic E-state index is 0.457. The van der Waals surface area contributed by atoms with E-state index in [0.29, 0.717) is 16.9 Å². The Morgan fingerprint density at radius 2 is 1.76 bits per heavy atom. The first-order valence-corrected chi connectivity index (χ1v) is 6.81. The van der Waals surface area contributed by atoms with E-state index >= 15 is 0 Å². The maximum absolute atomic E-state index is 5.90. The van der Waals surface area contributed by atoms with Crippen LogP contribution in [0.5, 0.6) is 0 Å². The van der Waals surface area contributed by atoms with E-state index in [1.54, 1.807) is 6.07 Å². The normalized spacial score (nSPS) is 18.4. The molecule has 0 saturated heterocycles. The number of hydrogen-bond donors (Lipinski definition) is 2. The number of anilines is 2. The minimum absolute atomic E-state index is 0.457. The Hall–Kier alpha value is -0.960. The van der Waals surface area contributed by atoms with Crippen molar-refractivity contribution < 1.29 is 0 Å². The van der Waals surface area contributed by atoms with Crippen molar-refractivity contribution in [1.29, 1.82) is 0 Å². The topological polar surface area (TPSA) is 50.9 Å². The Labute approximate surface area is 108 Å². The lowest BCUT2D eigenvalue weighted by atomic mass is 9.97. The fourth-order valence-corrected chi connectivity index (χ4v) is 2.62. The van der Waals surface area contributed by atoms with E-state index in [-0.39, 0.29) is 0 Å². The Balaban J connectivity index is 1.97. The van der Waals surface area contributed by atoms with Crippen molar-refractivity contribution in [1.82, 2.24) is 4.98 Å². The van der Waals surface area contributed by atoms with Crippen LogP contribution < -0.4 is 11.1 Å². The van der Waals surface area contributed by atoms with E-state index in [1.165, 1.54) is 44.9 Å². The summed E-state index contributed by atoms with van der Waals surface area (Å²) < 4.78 is 0. The predicted octanol–water partition coefficient (Wildman–Crippen LogP) is 3.84. The largest absolute Gasteiger partial charge is 0.399 e. The first-order valence-electron chi connectivity index (χ1n) is 6.43. The molecule has 1 aromatic heterocycles. The smallest absolute Gasteiger partial charge is 0.133 e. The van der Waals surface area contributed by atoms with Gasteiger partial charge in [0.25, 0.3) is 0 Å². The van der Waals surface area contributed by atoms with E-state index in [0.717, 1.165) is 5.82 Å². The van der Waals surface area contributed by atoms with Gasteiger partial charge in [-0.2, -0.15) is 0 Å². The average Bonchev–Trinajstić information content (AvgIpc) is 2.20. The van der Waals surface area contributed by atoms with Crippen molar-refractivity contribution in [2.45, 2.75) is 51.0 Å². The Morgan fingerprint density at radius 1 is 1.12 bits per heavy atom. The highest BCUT2D eigenvalue weighted by molar-refractivity contribution is 6.29. The molecular weight excluding hydrogens is 234 g/mol. The highest BCUT2D eigenvalue weighted by Crippen LogP contribution is 2.22. The van der Waals surface area contributed by atoms with Crippen LogP contribution in [-0.4, -0.2) is 11.0 Å². The van der Waals surface area contributed by atoms with Crippen LogP contribution in [0.15, 0.2) is 12.1 Å². The summed E-state index contributed by atoms with van der Waals surface area (Å²) in [7, 11) is 0. The molecule has 0 amide bonds. The summed E-state index contributed by atoms with van der Waals surface area (Å²) in [6, 6.07) is 4.04. The summed E-state index contributed by atoms with van der Waals surface area (Å²) in [6.07, 6.45) is 9.12. The van der Waals surface area contributed by atoms with Crippen molar-refractivity contribution in [3.05, 3.63) is 17.3 Å². The number of halogens is 1. The lowest BCUT2D eigenvalue weighted by Gasteiger charge is -2.21. The van der Waals surface area contributed by atoms with Crippen LogP contribution in [0.3, 0.4) is 0 Å². The van der Waals surface area contributed by atoms with Crippen LogP contribution >= 0.6 is 11.6 Å². The molecule has 4 heteroatoms. The number of hydrogen-bond acceptors (Lipinski definition) is 3. The van der Waals surface area contributed by atoms with Crippen LogP contribution in [0.4, 0.5) is 11.5 Å². The molecule has 2 rings (SSSR count). The Morgan fingerprint density at radius 3 is 2.41 bits per heavy atom. The quantitative estimate of drug-likeness (QED) is 0.788. The third-order valence-corrected chi connectivity index (χ3v) is 3.47. The Bertz CT molecular complexity index is 339. The monoisotopic (exact) mass is 253 g/mol. The molecule has 1 fully saturated rings. The molecule has 1 aromatic rings. The van der Waals surface area contributed by atoms with Crippen molar-refractivity contribution in [3.8, 4) is 0 Å². The van der Waals surface area contributed by atoms with Crippen LogP contribution in [-0.2, 0) is 0 Å². The maximum Gasteiger partial charge on any atom is 0.133 e. The standard InChI is InChI=1S/C13H20ClN3/c14-12-8-10(15)9-13(17-12)16-11-6-4-2-1-3-5-7-11/h8-9,11H,1-7H2,(H3,15,16,17). The number of nitrogens with one attached hydrogen (secondary N) is 1. The molecule has 0 aliphatic heterocycles. The highest BCUT2D eigenvalue weighted by Gasteiger charge is 2.12. The van der Waals surface area contributed by atoms with Gasteiger partial charge in [0.15, 0.2) is 0 Å². The molecule has 0 atom stereocenters. The highest BCUT2D eigenvalue weighted by atomic mass is 35.5. The van der Waals surface area contributed by atoms with Gasteiger partial charge in [0.2, 0.25) is 0 Å². The first-order chi connectivity index (χ1) is 8.24. The number of rotatable bonds is 2. The number of nitrogens with two attached hydrogens (primary N) is 1. The molecule has 3 N–H and O–H groups in total. The summed E-state index contributed by atoms with van der Waals surface area (Å²) >= 11 is 5.90. The second-order valence-electron chi connectivity index (χ2n) is 4.79. The molecule has 94 valence electrons. The van der Waals surface area contributed by atoms with Crippen LogP contribution in [0.2, 0.25) is 5.15 Å². The van der Waals surface area contributed by atoms with Gasteiger partial charge in [0, 0.05) is 17.8 Å². The van der Waals surface area contributed by atoms with Crippen LogP contribution in [0, 0.1) is 0 Å². The van der Waals surface area contributed by atoms with Crippen molar-refractivity contribution in [2.24, 2.45) is 0 Å². The van der Waals surface area contributed by atoms with Gasteiger partial charge in [0.05, 0.1) is 0 Å². The third-order valence-electron chi connectivity index (χ3n) is 3.27. The van der Waals surface area contributed by atoms with E-state index in [4.69, 9.17) is 17.3 Å². The van der Waals surface area contributed by atoms with Crippen molar-refractivity contribution in [3.63, 3.8) is 0 Å². The molecule has 1 heterocycles. The molecule has 1 aliphatic carbocycles. The molecule has 0 radical (unpaired) electrons. The molecule has 1 saturated carbocycles. The molecule has 0 spiro atoms. The minimum Gasteiger partial charge on any atom is -0.399 e. The second kappa shape index (κ2) is 6.10. The average molecular weight is 254 g/mol. The lowest BCUT2D eigenvalue weighted by molar-refractivity contribution is 0.471. The zero-order valence-electron chi connectivity index (χ0n) is 10.1. The molecule has 0 aromatic carbocycles. The predicted molar refractivity (Wildman–Crippen MR) is 73.4 cm³/mol. The summed E-state index contributed by atoms with van der Waals surface area (Å²) in [4.78, 5) is 4.26. The Kier molecular flexibility index (Phi) is 4.49. The molecular formula is C13H20ClN3. The summed E-state index contributed by atoms with van der Waals surface area (Å²) in [5.41, 5.74) is 6.42. The third kappa shape index (κ3) is 4.08. The number of aromatic nitrogens is 1. The van der Waals surface area contributed by atoms with Gasteiger partial charge in [0.1, 0.15) is 11.0 Å². The summed E-state index contributed by atoms with van der Waals surface area (Å²) in [5, 5.41) is 3.91. The van der Waals surface area contributed by atoms with Gasteiger partial charge < -0.3 is 11.1 Å². The van der Waals surface area contributed by atoms with Gasteiger partial charge in [-0.25, -0.2) is 4.98 Å². The van der Waals surface area contributed by atoms with Gasteiger partial charge in [-0.15, -0.1) is 0 Å². The van der Waals surface area contributed by atoms with Crippen molar-refractivity contribution >= 4 is 23.1 Å². The molecule has 1 aliphatic rings. The first kappa shape index (κ1) is 12.5. The van der Waals surface area contributed by atoms with Gasteiger partial charge >= 0.3 is 0 Å². The number of nitrogens with zero attached hydrogens (tertiary/aromatic N) is 1. The number of nitrogen functional groups attached to an aromatic ring is 1. The van der Waals surface area contributed by atoms with Gasteiger partial charge in [-0.05, 0) is 18.9 Å². The van der Waals surface area contributed by atoms with E-state index in [9.17, 15) is 0 Å². The molecule has 0 unspecified atom stereocenters. The molecule has 0 bridgehead atoms. The maximum atomic E-state index is 5.90. The zero-order chi connectivity index (χ0) is 12.1. The second-order valence-corrected chi connectivity index (χ2v) is 5.18. The fourth-order valence-electron chi connectivity index (χ4n) is 2.40. The van der Waals surface area contributed by atoms with E-state index in [1.807, 2.05) is 6.07 Å². The van der Waals surface area contributed by atoms with E-state index < -0.39 is 0 Å².